The smallest absolute Gasteiger partial charge is 0.289 e. The molecule has 0 aliphatic rings. The first-order valence-electron chi connectivity index (χ1n) is 11.1. The highest BCUT2D eigenvalue weighted by atomic mass is 35.5. The first-order chi connectivity index (χ1) is 16.1. The number of hydrazone groups is 1. The van der Waals surface area contributed by atoms with Gasteiger partial charge in [0.1, 0.15) is 17.3 Å². The van der Waals surface area contributed by atoms with Crippen LogP contribution >= 0.6 is 11.6 Å². The number of nitrogens with one attached hydrogen (secondary N) is 2. The maximum Gasteiger partial charge on any atom is 0.289 e. The third-order valence-electron chi connectivity index (χ3n) is 5.10. The average Bonchev–Trinajstić information content (AvgIpc) is 3.31. The van der Waals surface area contributed by atoms with Crippen LogP contribution < -0.4 is 10.2 Å². The molecule has 0 bridgehead atoms. The van der Waals surface area contributed by atoms with Crippen LogP contribution in [0.25, 0.3) is 11.3 Å². The fourth-order valence-electron chi connectivity index (χ4n) is 3.23. The first kappa shape index (κ1) is 24.5. The van der Waals surface area contributed by atoms with Gasteiger partial charge in [-0.15, -0.1) is 0 Å². The van der Waals surface area contributed by atoms with Gasteiger partial charge in [0.15, 0.2) is 0 Å². The number of hydrogen-bond acceptors (Lipinski definition) is 4. The predicted molar refractivity (Wildman–Crippen MR) is 129 cm³/mol. The molecule has 0 atom stereocenters. The zero-order valence-electron chi connectivity index (χ0n) is 18.6. The van der Waals surface area contributed by atoms with E-state index < -0.39 is 11.7 Å². The Hall–Kier alpha value is -3.19. The second-order valence-corrected chi connectivity index (χ2v) is 8.05. The van der Waals surface area contributed by atoms with E-state index in [1.165, 1.54) is 44.2 Å². The number of benzene rings is 2. The summed E-state index contributed by atoms with van der Waals surface area (Å²) in [6.45, 7) is 2.92. The number of carbonyl (C=O) groups is 1. The maximum atomic E-state index is 13.7. The van der Waals surface area contributed by atoms with Crippen molar-refractivity contribution in [2.45, 2.75) is 45.4 Å². The van der Waals surface area contributed by atoms with Crippen LogP contribution in [0.15, 0.2) is 53.6 Å². The van der Waals surface area contributed by atoms with Gasteiger partial charge in [-0.2, -0.15) is 10.2 Å². The molecule has 33 heavy (non-hydrogen) atoms. The molecule has 174 valence electrons. The molecule has 3 aromatic rings. The monoisotopic (exact) mass is 470 g/mol. The molecular formula is C25H28ClFN4O2. The fourth-order valence-corrected chi connectivity index (χ4v) is 3.44. The molecule has 0 aliphatic carbocycles. The van der Waals surface area contributed by atoms with Crippen molar-refractivity contribution in [3.8, 4) is 17.0 Å². The highest BCUT2D eigenvalue weighted by molar-refractivity contribution is 6.33. The van der Waals surface area contributed by atoms with Crippen molar-refractivity contribution in [3.05, 3.63) is 70.6 Å². The van der Waals surface area contributed by atoms with E-state index in [1.54, 1.807) is 12.1 Å². The number of halogens is 2. The summed E-state index contributed by atoms with van der Waals surface area (Å²) < 4.78 is 19.5. The molecule has 2 N–H and O–H groups in total. The normalized spacial score (nSPS) is 11.1. The quantitative estimate of drug-likeness (QED) is 0.183. The van der Waals surface area contributed by atoms with Crippen LogP contribution in [0.1, 0.15) is 61.5 Å². The van der Waals surface area contributed by atoms with Gasteiger partial charge in [0.05, 0.1) is 23.5 Å². The molecule has 2 aromatic carbocycles. The van der Waals surface area contributed by atoms with Gasteiger partial charge in [-0.05, 0) is 48.9 Å². The van der Waals surface area contributed by atoms with Crippen LogP contribution in [0.4, 0.5) is 4.39 Å². The lowest BCUT2D eigenvalue weighted by Crippen LogP contribution is -2.18. The Morgan fingerprint density at radius 1 is 1.15 bits per heavy atom. The van der Waals surface area contributed by atoms with Gasteiger partial charge in [-0.1, -0.05) is 56.7 Å². The number of nitrogens with zero attached hydrogens (tertiary/aromatic N) is 2. The number of ether oxygens (including phenoxy) is 1. The second-order valence-electron chi connectivity index (χ2n) is 7.64. The van der Waals surface area contributed by atoms with Crippen LogP contribution in [0.2, 0.25) is 5.02 Å². The highest BCUT2D eigenvalue weighted by Crippen LogP contribution is 2.22. The molecule has 6 nitrogen and oxygen atoms in total. The van der Waals surface area contributed by atoms with Crippen molar-refractivity contribution < 1.29 is 13.9 Å². The van der Waals surface area contributed by atoms with Crippen molar-refractivity contribution in [2.24, 2.45) is 5.10 Å². The minimum atomic E-state index is -0.524. The molecule has 0 fully saturated rings. The van der Waals surface area contributed by atoms with Gasteiger partial charge < -0.3 is 4.74 Å². The van der Waals surface area contributed by atoms with Crippen LogP contribution in [0.5, 0.6) is 5.75 Å². The van der Waals surface area contributed by atoms with E-state index in [-0.39, 0.29) is 16.3 Å². The number of carbonyl (C=O) groups excluding carboxylic acids is 1. The number of hydrogen-bond donors (Lipinski definition) is 2. The van der Waals surface area contributed by atoms with Gasteiger partial charge >= 0.3 is 0 Å². The lowest BCUT2D eigenvalue weighted by molar-refractivity contribution is 0.0950. The molecule has 0 unspecified atom stereocenters. The minimum absolute atomic E-state index is 0.101. The molecule has 3 rings (SSSR count). The third kappa shape index (κ3) is 7.43. The molecule has 1 aromatic heterocycles. The first-order valence-corrected chi connectivity index (χ1v) is 11.5. The molecule has 8 heteroatoms. The van der Waals surface area contributed by atoms with E-state index in [2.05, 4.69) is 27.6 Å². The van der Waals surface area contributed by atoms with Gasteiger partial charge in [-0.25, -0.2) is 9.82 Å². The van der Waals surface area contributed by atoms with E-state index in [1.807, 2.05) is 24.3 Å². The average molecular weight is 471 g/mol. The third-order valence-corrected chi connectivity index (χ3v) is 5.43. The SMILES string of the molecule is CCCCCCCCOc1ccc(-c2cc(C(=O)N/N=C/c3c(F)cccc3Cl)[nH]n2)cc1. The van der Waals surface area contributed by atoms with Crippen LogP contribution in [-0.2, 0) is 0 Å². The summed E-state index contributed by atoms with van der Waals surface area (Å²) in [6, 6.07) is 13.5. The molecule has 0 aliphatic heterocycles. The van der Waals surface area contributed by atoms with Crippen molar-refractivity contribution in [1.82, 2.24) is 15.6 Å². The molecule has 0 saturated heterocycles. The van der Waals surface area contributed by atoms with E-state index >= 15 is 0 Å². The lowest BCUT2D eigenvalue weighted by Gasteiger charge is -2.06. The summed E-state index contributed by atoms with van der Waals surface area (Å²) >= 11 is 5.93. The van der Waals surface area contributed by atoms with Gasteiger partial charge in [0, 0.05) is 11.1 Å². The Kier molecular flexibility index (Phi) is 9.44. The summed E-state index contributed by atoms with van der Waals surface area (Å²) in [5, 5.41) is 10.8. The number of unbranched alkanes of at least 4 members (excludes halogenated alkanes) is 5. The Bertz CT molecular complexity index is 1050. The highest BCUT2D eigenvalue weighted by Gasteiger charge is 2.11. The summed E-state index contributed by atoms with van der Waals surface area (Å²) in [4.78, 5) is 12.3. The van der Waals surface area contributed by atoms with Crippen LogP contribution in [-0.4, -0.2) is 28.9 Å². The summed E-state index contributed by atoms with van der Waals surface area (Å²) in [5.41, 5.74) is 4.12. The number of aromatic amines is 1. The Balaban J connectivity index is 1.49. The Morgan fingerprint density at radius 2 is 1.91 bits per heavy atom. The lowest BCUT2D eigenvalue weighted by atomic mass is 10.1. The molecule has 0 radical (unpaired) electrons. The maximum absolute atomic E-state index is 13.7. The zero-order chi connectivity index (χ0) is 23.5. The molecular weight excluding hydrogens is 443 g/mol. The van der Waals surface area contributed by atoms with E-state index in [9.17, 15) is 9.18 Å². The fraction of sp³-hybridized carbons (Fsp3) is 0.320. The van der Waals surface area contributed by atoms with Gasteiger partial charge in [0.2, 0.25) is 0 Å². The standard InChI is InChI=1S/C25H28ClFN4O2/c1-2-3-4-5-6-7-15-33-19-13-11-18(12-14-19)23-16-24(30-29-23)25(32)31-28-17-20-21(26)9-8-10-22(20)27/h8-14,16-17H,2-7,15H2,1H3,(H,29,30)(H,31,32)/b28-17+. The summed E-state index contributed by atoms with van der Waals surface area (Å²) in [5.74, 6) is -0.220. The molecule has 1 heterocycles. The van der Waals surface area contributed by atoms with Crippen molar-refractivity contribution in [1.29, 1.82) is 0 Å². The van der Waals surface area contributed by atoms with Crippen LogP contribution in [0.3, 0.4) is 0 Å². The summed E-state index contributed by atoms with van der Waals surface area (Å²) in [6.07, 6.45) is 8.51. The van der Waals surface area contributed by atoms with Gasteiger partial charge in [0.25, 0.3) is 5.91 Å². The number of aromatic nitrogens is 2. The second kappa shape index (κ2) is 12.7. The minimum Gasteiger partial charge on any atom is -0.494 e. The number of rotatable bonds is 12. The Morgan fingerprint density at radius 3 is 2.67 bits per heavy atom. The number of amides is 1. The molecule has 1 amide bonds. The summed E-state index contributed by atoms with van der Waals surface area (Å²) in [7, 11) is 0. The van der Waals surface area contributed by atoms with Crippen molar-refractivity contribution in [2.75, 3.05) is 6.61 Å². The number of H-pyrrole nitrogens is 1. The van der Waals surface area contributed by atoms with Crippen LogP contribution in [0, 0.1) is 5.82 Å². The largest absolute Gasteiger partial charge is 0.494 e. The van der Waals surface area contributed by atoms with E-state index in [0.717, 1.165) is 23.9 Å². The zero-order valence-corrected chi connectivity index (χ0v) is 19.4. The van der Waals surface area contributed by atoms with Crippen molar-refractivity contribution >= 4 is 23.7 Å². The topological polar surface area (TPSA) is 79.4 Å². The van der Waals surface area contributed by atoms with Gasteiger partial charge in [-0.3, -0.25) is 9.89 Å². The predicted octanol–water partition coefficient (Wildman–Crippen LogP) is 6.37. The Labute approximate surface area is 198 Å². The van der Waals surface area contributed by atoms with E-state index in [4.69, 9.17) is 16.3 Å². The van der Waals surface area contributed by atoms with Crippen molar-refractivity contribution in [3.63, 3.8) is 0 Å². The molecule has 0 saturated carbocycles. The van der Waals surface area contributed by atoms with E-state index in [0.29, 0.717) is 12.3 Å². The molecule has 0 spiro atoms.